The van der Waals surface area contributed by atoms with E-state index in [0.29, 0.717) is 38.8 Å². The molecule has 0 bridgehead atoms. The summed E-state index contributed by atoms with van der Waals surface area (Å²) >= 11 is 0. The molecule has 7 heteroatoms. The summed E-state index contributed by atoms with van der Waals surface area (Å²) < 4.78 is 13.8. The first-order chi connectivity index (χ1) is 12.4. The second-order valence-electron chi connectivity index (χ2n) is 7.23. The Hall–Kier alpha value is -2.44. The van der Waals surface area contributed by atoms with E-state index in [1.165, 1.54) is 12.1 Å². The summed E-state index contributed by atoms with van der Waals surface area (Å²) in [5, 5.41) is 12.2. The highest BCUT2D eigenvalue weighted by atomic mass is 19.1. The van der Waals surface area contributed by atoms with Gasteiger partial charge >= 0.3 is 5.97 Å². The van der Waals surface area contributed by atoms with Gasteiger partial charge in [0.2, 0.25) is 5.91 Å². The molecule has 26 heavy (non-hydrogen) atoms. The van der Waals surface area contributed by atoms with E-state index >= 15 is 0 Å². The maximum absolute atomic E-state index is 13.8. The highest BCUT2D eigenvalue weighted by molar-refractivity contribution is 5.94. The van der Waals surface area contributed by atoms with Gasteiger partial charge in [-0.15, -0.1) is 0 Å². The molecule has 140 valence electrons. The average molecular weight is 362 g/mol. The van der Waals surface area contributed by atoms with Crippen molar-refractivity contribution in [3.63, 3.8) is 0 Å². The summed E-state index contributed by atoms with van der Waals surface area (Å²) in [6.07, 6.45) is 3.10. The number of nitrogens with zero attached hydrogens (tertiary/aromatic N) is 1. The number of halogens is 1. The minimum atomic E-state index is -0.899. The molecule has 3 rings (SSSR count). The quantitative estimate of drug-likeness (QED) is 0.841. The Morgan fingerprint density at radius 2 is 1.85 bits per heavy atom. The highest BCUT2D eigenvalue weighted by Crippen LogP contribution is 2.44. The fourth-order valence-electron chi connectivity index (χ4n) is 3.69. The van der Waals surface area contributed by atoms with Crippen molar-refractivity contribution in [2.24, 2.45) is 5.41 Å². The zero-order valence-electron chi connectivity index (χ0n) is 14.5. The van der Waals surface area contributed by atoms with Crippen LogP contribution in [-0.2, 0) is 9.59 Å². The van der Waals surface area contributed by atoms with Crippen molar-refractivity contribution in [2.45, 2.75) is 44.6 Å². The molecule has 1 aromatic rings. The number of carboxylic acids is 1. The van der Waals surface area contributed by atoms with Crippen molar-refractivity contribution in [2.75, 3.05) is 13.1 Å². The second-order valence-corrected chi connectivity index (χ2v) is 7.23. The first kappa shape index (κ1) is 18.4. The van der Waals surface area contributed by atoms with E-state index < -0.39 is 17.2 Å². The number of amides is 2. The molecule has 1 aliphatic carbocycles. The summed E-state index contributed by atoms with van der Waals surface area (Å²) in [6, 6.07) is 5.81. The number of carbonyl (C=O) groups excluding carboxylic acids is 2. The van der Waals surface area contributed by atoms with Gasteiger partial charge in [0.1, 0.15) is 5.82 Å². The number of likely N-dealkylation sites (tertiary alicyclic amines) is 1. The van der Waals surface area contributed by atoms with Crippen LogP contribution in [0.15, 0.2) is 24.3 Å². The number of piperidine rings is 1. The van der Waals surface area contributed by atoms with E-state index in [1.54, 1.807) is 17.0 Å². The van der Waals surface area contributed by atoms with Gasteiger partial charge in [0, 0.05) is 25.6 Å². The third-order valence-corrected chi connectivity index (χ3v) is 5.51. The Morgan fingerprint density at radius 1 is 1.19 bits per heavy atom. The first-order valence-electron chi connectivity index (χ1n) is 8.98. The van der Waals surface area contributed by atoms with Gasteiger partial charge in [-0.2, -0.15) is 0 Å². The van der Waals surface area contributed by atoms with Gasteiger partial charge in [-0.05, 0) is 37.8 Å². The summed E-state index contributed by atoms with van der Waals surface area (Å²) in [6.45, 7) is 0.865. The fourth-order valence-corrected chi connectivity index (χ4v) is 3.69. The van der Waals surface area contributed by atoms with Crippen molar-refractivity contribution < 1.29 is 23.9 Å². The van der Waals surface area contributed by atoms with Crippen LogP contribution in [0.5, 0.6) is 0 Å². The maximum atomic E-state index is 13.8. The molecule has 0 aromatic heterocycles. The van der Waals surface area contributed by atoms with Gasteiger partial charge in [-0.3, -0.25) is 14.4 Å². The molecule has 6 nitrogen and oxygen atoms in total. The molecule has 2 amide bonds. The monoisotopic (exact) mass is 362 g/mol. The van der Waals surface area contributed by atoms with Crippen LogP contribution >= 0.6 is 0 Å². The van der Waals surface area contributed by atoms with E-state index in [1.807, 2.05) is 0 Å². The number of hydrogen-bond donors (Lipinski definition) is 2. The zero-order valence-corrected chi connectivity index (χ0v) is 14.5. The van der Waals surface area contributed by atoms with Crippen molar-refractivity contribution in [3.8, 4) is 0 Å². The number of aliphatic carboxylic acids is 1. The molecule has 1 saturated heterocycles. The number of hydrogen-bond acceptors (Lipinski definition) is 3. The largest absolute Gasteiger partial charge is 0.481 e. The summed E-state index contributed by atoms with van der Waals surface area (Å²) in [4.78, 5) is 37.5. The Labute approximate surface area is 151 Å². The first-order valence-corrected chi connectivity index (χ1v) is 8.98. The molecule has 0 radical (unpaired) electrons. The standard InChI is InChI=1S/C19H23FN2O4/c20-15-5-2-1-4-14(15)17(24)22-10-6-13(7-11-22)21-16(23)12-19(18(25)26)8-3-9-19/h1-2,4-5,13H,3,6-12H2,(H,21,23)(H,25,26). The predicted octanol–water partition coefficient (Wildman–Crippen LogP) is 2.19. The lowest BCUT2D eigenvalue weighted by Gasteiger charge is -2.38. The third-order valence-electron chi connectivity index (χ3n) is 5.51. The SMILES string of the molecule is O=C(CC1(C(=O)O)CCC1)NC1CCN(C(=O)c2ccccc2F)CC1. The molecule has 2 aliphatic rings. The lowest BCUT2D eigenvalue weighted by Crippen LogP contribution is -2.49. The van der Waals surface area contributed by atoms with Crippen molar-refractivity contribution in [1.29, 1.82) is 0 Å². The molecular formula is C19H23FN2O4. The van der Waals surface area contributed by atoms with Crippen LogP contribution < -0.4 is 5.32 Å². The van der Waals surface area contributed by atoms with E-state index in [2.05, 4.69) is 5.32 Å². The van der Waals surface area contributed by atoms with Crippen molar-refractivity contribution in [1.82, 2.24) is 10.2 Å². The van der Waals surface area contributed by atoms with E-state index in [-0.39, 0.29) is 29.8 Å². The predicted molar refractivity (Wildman–Crippen MR) is 92.0 cm³/mol. The van der Waals surface area contributed by atoms with Crippen LogP contribution in [0.4, 0.5) is 4.39 Å². The Morgan fingerprint density at radius 3 is 2.38 bits per heavy atom. The third kappa shape index (κ3) is 3.71. The minimum Gasteiger partial charge on any atom is -0.481 e. The van der Waals surface area contributed by atoms with Crippen LogP contribution in [0, 0.1) is 11.2 Å². The van der Waals surface area contributed by atoms with Gasteiger partial charge < -0.3 is 15.3 Å². The van der Waals surface area contributed by atoms with Crippen LogP contribution in [0.3, 0.4) is 0 Å². The molecule has 0 spiro atoms. The topological polar surface area (TPSA) is 86.7 Å². The number of benzene rings is 1. The van der Waals surface area contributed by atoms with Crippen LogP contribution in [-0.4, -0.2) is 46.9 Å². The minimum absolute atomic E-state index is 0.0106. The van der Waals surface area contributed by atoms with E-state index in [0.717, 1.165) is 6.42 Å². The molecule has 1 heterocycles. The van der Waals surface area contributed by atoms with Gasteiger partial charge in [0.25, 0.3) is 5.91 Å². The van der Waals surface area contributed by atoms with Crippen molar-refractivity contribution in [3.05, 3.63) is 35.6 Å². The smallest absolute Gasteiger partial charge is 0.310 e. The molecular weight excluding hydrogens is 339 g/mol. The van der Waals surface area contributed by atoms with Crippen LogP contribution in [0.25, 0.3) is 0 Å². The summed E-state index contributed by atoms with van der Waals surface area (Å²) in [7, 11) is 0. The zero-order chi connectivity index (χ0) is 18.7. The van der Waals surface area contributed by atoms with Crippen LogP contribution in [0.2, 0.25) is 0 Å². The lowest BCUT2D eigenvalue weighted by atomic mass is 9.66. The molecule has 1 saturated carbocycles. The number of rotatable bonds is 5. The van der Waals surface area contributed by atoms with E-state index in [9.17, 15) is 23.9 Å². The number of carboxylic acid groups (broad SMARTS) is 1. The Kier molecular flexibility index (Phi) is 5.25. The average Bonchev–Trinajstić information content (AvgIpc) is 2.58. The highest BCUT2D eigenvalue weighted by Gasteiger charge is 2.46. The van der Waals surface area contributed by atoms with Gasteiger partial charge in [-0.25, -0.2) is 4.39 Å². The molecule has 1 aromatic carbocycles. The van der Waals surface area contributed by atoms with Gasteiger partial charge in [0.05, 0.1) is 11.0 Å². The second kappa shape index (κ2) is 7.43. The van der Waals surface area contributed by atoms with Gasteiger partial charge in [-0.1, -0.05) is 18.6 Å². The lowest BCUT2D eigenvalue weighted by molar-refractivity contribution is -0.157. The molecule has 0 unspecified atom stereocenters. The number of nitrogens with one attached hydrogen (secondary N) is 1. The molecule has 2 fully saturated rings. The number of carbonyl (C=O) groups is 3. The summed E-state index contributed by atoms with van der Waals surface area (Å²) in [5.41, 5.74) is -0.839. The molecule has 0 atom stereocenters. The van der Waals surface area contributed by atoms with Crippen molar-refractivity contribution >= 4 is 17.8 Å². The van der Waals surface area contributed by atoms with E-state index in [4.69, 9.17) is 0 Å². The Balaban J connectivity index is 1.49. The fraction of sp³-hybridized carbons (Fsp3) is 0.526. The Bertz CT molecular complexity index is 709. The van der Waals surface area contributed by atoms with Crippen LogP contribution in [0.1, 0.15) is 48.9 Å². The summed E-state index contributed by atoms with van der Waals surface area (Å²) in [5.74, 6) is -2.02. The normalized spacial score (nSPS) is 19.5. The van der Waals surface area contributed by atoms with Gasteiger partial charge in [0.15, 0.2) is 0 Å². The molecule has 1 aliphatic heterocycles. The molecule has 2 N–H and O–H groups in total. The maximum Gasteiger partial charge on any atom is 0.310 e.